The van der Waals surface area contributed by atoms with Crippen LogP contribution in [-0.2, 0) is 9.59 Å². The van der Waals surface area contributed by atoms with E-state index in [2.05, 4.69) is 16.2 Å². The van der Waals surface area contributed by atoms with Crippen molar-refractivity contribution < 1.29 is 14.4 Å². The molecule has 0 saturated carbocycles. The monoisotopic (exact) mass is 413 g/mol. The van der Waals surface area contributed by atoms with Gasteiger partial charge in [-0.25, -0.2) is 0 Å². The Balaban J connectivity index is 1.77. The fourth-order valence-corrected chi connectivity index (χ4v) is 2.61. The third-order valence-corrected chi connectivity index (χ3v) is 4.10. The Kier molecular flexibility index (Phi) is 7.26. The Morgan fingerprint density at radius 2 is 1.50 bits per heavy atom. The zero-order chi connectivity index (χ0) is 19.1. The van der Waals surface area contributed by atoms with Gasteiger partial charge in [-0.1, -0.05) is 46.9 Å². The van der Waals surface area contributed by atoms with E-state index in [1.807, 2.05) is 0 Å². The molecule has 0 fully saturated rings. The fourth-order valence-electron chi connectivity index (χ4n) is 1.93. The van der Waals surface area contributed by atoms with Crippen molar-refractivity contribution in [1.82, 2.24) is 10.9 Å². The van der Waals surface area contributed by atoms with E-state index in [0.29, 0.717) is 15.7 Å². The van der Waals surface area contributed by atoms with Gasteiger partial charge in [-0.05, 0) is 30.3 Å². The van der Waals surface area contributed by atoms with E-state index in [4.69, 9.17) is 34.8 Å². The predicted molar refractivity (Wildman–Crippen MR) is 101 cm³/mol. The third-order valence-electron chi connectivity index (χ3n) is 3.22. The normalized spacial score (nSPS) is 10.1. The summed E-state index contributed by atoms with van der Waals surface area (Å²) in [5.74, 6) is -1.50. The minimum atomic E-state index is -0.597. The van der Waals surface area contributed by atoms with Gasteiger partial charge in [-0.15, -0.1) is 0 Å². The Labute approximate surface area is 164 Å². The summed E-state index contributed by atoms with van der Waals surface area (Å²) in [7, 11) is 0. The van der Waals surface area contributed by atoms with Crippen molar-refractivity contribution in [1.29, 1.82) is 0 Å². The summed E-state index contributed by atoms with van der Waals surface area (Å²) in [6.45, 7) is 0. The standard InChI is InChI=1S/C17H14Cl3N3O3/c18-10-5-6-11(13(20)9-10)17(26)23-22-16(25)8-7-15(24)21-14-4-2-1-3-12(14)19/h1-6,9H,7-8H2,(H,21,24)(H,22,25)(H,23,26). The van der Waals surface area contributed by atoms with Gasteiger partial charge in [0, 0.05) is 17.9 Å². The Morgan fingerprint density at radius 1 is 0.808 bits per heavy atom. The van der Waals surface area contributed by atoms with E-state index in [0.717, 1.165) is 0 Å². The van der Waals surface area contributed by atoms with Gasteiger partial charge in [0.15, 0.2) is 0 Å². The van der Waals surface area contributed by atoms with Crippen LogP contribution in [0.2, 0.25) is 15.1 Å². The third kappa shape index (κ3) is 5.91. The molecule has 0 aliphatic heterocycles. The maximum absolute atomic E-state index is 12.0. The summed E-state index contributed by atoms with van der Waals surface area (Å²) in [6.07, 6.45) is -0.195. The molecule has 0 unspecified atom stereocenters. The second-order valence-electron chi connectivity index (χ2n) is 5.15. The van der Waals surface area contributed by atoms with E-state index in [1.165, 1.54) is 18.2 Å². The molecule has 0 radical (unpaired) electrons. The van der Waals surface area contributed by atoms with Crippen LogP contribution in [0.25, 0.3) is 0 Å². The second kappa shape index (κ2) is 9.43. The number of nitrogens with one attached hydrogen (secondary N) is 3. The van der Waals surface area contributed by atoms with Gasteiger partial charge in [-0.3, -0.25) is 25.2 Å². The number of carbonyl (C=O) groups is 3. The highest BCUT2D eigenvalue weighted by Crippen LogP contribution is 2.21. The molecule has 0 atom stereocenters. The number of anilines is 1. The van der Waals surface area contributed by atoms with Crippen molar-refractivity contribution in [2.75, 3.05) is 5.32 Å². The van der Waals surface area contributed by atoms with E-state index in [1.54, 1.807) is 24.3 Å². The van der Waals surface area contributed by atoms with Crippen LogP contribution in [0.5, 0.6) is 0 Å². The lowest BCUT2D eigenvalue weighted by Gasteiger charge is -2.09. The molecule has 26 heavy (non-hydrogen) atoms. The van der Waals surface area contributed by atoms with E-state index >= 15 is 0 Å². The van der Waals surface area contributed by atoms with Gasteiger partial charge in [0.1, 0.15) is 0 Å². The molecule has 0 aliphatic carbocycles. The first kappa shape index (κ1) is 20.0. The highest BCUT2D eigenvalue weighted by Gasteiger charge is 2.13. The molecule has 2 rings (SSSR count). The average molecular weight is 415 g/mol. The lowest BCUT2D eigenvalue weighted by Crippen LogP contribution is -2.41. The van der Waals surface area contributed by atoms with Crippen LogP contribution in [0.15, 0.2) is 42.5 Å². The molecular formula is C17H14Cl3N3O3. The number of para-hydroxylation sites is 1. The van der Waals surface area contributed by atoms with Crippen LogP contribution in [0.3, 0.4) is 0 Å². The second-order valence-corrected chi connectivity index (χ2v) is 6.41. The first-order valence-electron chi connectivity index (χ1n) is 7.45. The highest BCUT2D eigenvalue weighted by atomic mass is 35.5. The minimum Gasteiger partial charge on any atom is -0.325 e. The largest absolute Gasteiger partial charge is 0.325 e. The quantitative estimate of drug-likeness (QED) is 0.650. The number of hydrogen-bond donors (Lipinski definition) is 3. The molecule has 9 heteroatoms. The van der Waals surface area contributed by atoms with E-state index in [-0.39, 0.29) is 29.3 Å². The molecule has 0 heterocycles. The number of halogens is 3. The summed E-state index contributed by atoms with van der Waals surface area (Å²) >= 11 is 17.6. The zero-order valence-electron chi connectivity index (χ0n) is 13.3. The molecule has 0 aliphatic rings. The maximum atomic E-state index is 12.0. The Hall–Kier alpha value is -2.28. The Bertz CT molecular complexity index is 843. The Morgan fingerprint density at radius 3 is 2.19 bits per heavy atom. The minimum absolute atomic E-state index is 0.0748. The van der Waals surface area contributed by atoms with Gasteiger partial charge in [0.25, 0.3) is 5.91 Å². The number of hydrazine groups is 1. The average Bonchev–Trinajstić information content (AvgIpc) is 2.60. The molecule has 2 aromatic rings. The molecule has 0 saturated heterocycles. The van der Waals surface area contributed by atoms with Gasteiger partial charge in [0.2, 0.25) is 11.8 Å². The van der Waals surface area contributed by atoms with Crippen LogP contribution in [0, 0.1) is 0 Å². The van der Waals surface area contributed by atoms with Crippen LogP contribution >= 0.6 is 34.8 Å². The van der Waals surface area contributed by atoms with Gasteiger partial charge >= 0.3 is 0 Å². The first-order valence-corrected chi connectivity index (χ1v) is 8.59. The van der Waals surface area contributed by atoms with E-state index < -0.39 is 11.8 Å². The number of hydrogen-bond acceptors (Lipinski definition) is 3. The smallest absolute Gasteiger partial charge is 0.271 e. The maximum Gasteiger partial charge on any atom is 0.271 e. The summed E-state index contributed by atoms with van der Waals surface area (Å²) in [5, 5.41) is 3.55. The molecular weight excluding hydrogens is 401 g/mol. The van der Waals surface area contributed by atoms with Crippen molar-refractivity contribution in [3.8, 4) is 0 Å². The van der Waals surface area contributed by atoms with Crippen LogP contribution in [0.1, 0.15) is 23.2 Å². The molecule has 3 amide bonds. The van der Waals surface area contributed by atoms with Gasteiger partial charge < -0.3 is 5.32 Å². The van der Waals surface area contributed by atoms with Crippen molar-refractivity contribution in [3.05, 3.63) is 63.1 Å². The molecule has 0 bridgehead atoms. The number of carbonyl (C=O) groups excluding carboxylic acids is 3. The van der Waals surface area contributed by atoms with Gasteiger partial charge in [0.05, 0.1) is 21.3 Å². The molecule has 6 nitrogen and oxygen atoms in total. The lowest BCUT2D eigenvalue weighted by atomic mass is 10.2. The molecule has 0 aromatic heterocycles. The number of amides is 3. The van der Waals surface area contributed by atoms with Crippen molar-refractivity contribution in [3.63, 3.8) is 0 Å². The van der Waals surface area contributed by atoms with Crippen LogP contribution in [-0.4, -0.2) is 17.7 Å². The number of benzene rings is 2. The first-order chi connectivity index (χ1) is 12.4. The van der Waals surface area contributed by atoms with Crippen molar-refractivity contribution >= 4 is 58.2 Å². The number of rotatable bonds is 5. The van der Waals surface area contributed by atoms with Crippen LogP contribution < -0.4 is 16.2 Å². The van der Waals surface area contributed by atoms with Crippen molar-refractivity contribution in [2.24, 2.45) is 0 Å². The lowest BCUT2D eigenvalue weighted by molar-refractivity contribution is -0.124. The topological polar surface area (TPSA) is 87.3 Å². The van der Waals surface area contributed by atoms with Crippen LogP contribution in [0.4, 0.5) is 5.69 Å². The molecule has 0 spiro atoms. The predicted octanol–water partition coefficient (Wildman–Crippen LogP) is 3.83. The molecule has 2 aromatic carbocycles. The molecule has 136 valence electrons. The van der Waals surface area contributed by atoms with Gasteiger partial charge in [-0.2, -0.15) is 0 Å². The summed E-state index contributed by atoms with van der Waals surface area (Å²) in [4.78, 5) is 35.5. The van der Waals surface area contributed by atoms with Crippen molar-refractivity contribution in [2.45, 2.75) is 12.8 Å². The SMILES string of the molecule is O=C(CCC(=O)Nc1ccccc1Cl)NNC(=O)c1ccc(Cl)cc1Cl. The molecule has 3 N–H and O–H groups in total. The fraction of sp³-hybridized carbons (Fsp3) is 0.118. The van der Waals surface area contributed by atoms with E-state index in [9.17, 15) is 14.4 Å². The zero-order valence-corrected chi connectivity index (χ0v) is 15.6. The summed E-state index contributed by atoms with van der Waals surface area (Å²) in [5.41, 5.74) is 5.06. The highest BCUT2D eigenvalue weighted by molar-refractivity contribution is 6.36. The summed E-state index contributed by atoms with van der Waals surface area (Å²) < 4.78 is 0. The summed E-state index contributed by atoms with van der Waals surface area (Å²) in [6, 6.07) is 11.1.